The number of carbonyl (C=O) groups is 1. The number of hydrogen-bond acceptors (Lipinski definition) is 3. The molecule has 4 nitrogen and oxygen atoms in total. The van der Waals surface area contributed by atoms with E-state index in [9.17, 15) is 4.79 Å². The number of rotatable bonds is 5. The number of nitrogens with one attached hydrogen (secondary N) is 1. The second-order valence-corrected chi connectivity index (χ2v) is 5.37. The highest BCUT2D eigenvalue weighted by Gasteiger charge is 2.11. The molecule has 1 saturated heterocycles. The fourth-order valence-electron chi connectivity index (χ4n) is 2.25. The van der Waals surface area contributed by atoms with E-state index >= 15 is 0 Å². The smallest absolute Gasteiger partial charge is 0.241 e. The van der Waals surface area contributed by atoms with Gasteiger partial charge in [0.1, 0.15) is 0 Å². The number of hydrazone groups is 1. The summed E-state index contributed by atoms with van der Waals surface area (Å²) in [7, 11) is 0. The highest BCUT2D eigenvalue weighted by atomic mass is 35.5. The summed E-state index contributed by atoms with van der Waals surface area (Å²) in [5, 5.41) is 4.56. The number of hydrogen-bond donors (Lipinski definition) is 1. The molecule has 0 atom stereocenters. The summed E-state index contributed by atoms with van der Waals surface area (Å²) in [6.45, 7) is 3.03. The van der Waals surface area contributed by atoms with Crippen molar-refractivity contribution in [1.29, 1.82) is 0 Å². The lowest BCUT2D eigenvalue weighted by molar-refractivity contribution is -0.121. The molecule has 0 spiro atoms. The molecule has 0 bridgehead atoms. The van der Waals surface area contributed by atoms with E-state index in [1.54, 1.807) is 12.3 Å². The van der Waals surface area contributed by atoms with Gasteiger partial charge in [-0.15, -0.1) is 0 Å². The molecule has 5 heteroatoms. The summed E-state index contributed by atoms with van der Waals surface area (Å²) in [6, 6.07) is 7.38. The van der Waals surface area contributed by atoms with E-state index in [0.717, 1.165) is 25.2 Å². The third-order valence-electron chi connectivity index (χ3n) is 3.40. The van der Waals surface area contributed by atoms with Crippen molar-refractivity contribution in [2.45, 2.75) is 25.7 Å². The van der Waals surface area contributed by atoms with Crippen LogP contribution in [0.3, 0.4) is 0 Å². The zero-order chi connectivity index (χ0) is 14.2. The van der Waals surface area contributed by atoms with Gasteiger partial charge >= 0.3 is 0 Å². The minimum absolute atomic E-state index is 0.0566. The van der Waals surface area contributed by atoms with Crippen LogP contribution in [0.15, 0.2) is 29.4 Å². The van der Waals surface area contributed by atoms with Crippen molar-refractivity contribution in [3.8, 4) is 0 Å². The third kappa shape index (κ3) is 4.94. The zero-order valence-electron chi connectivity index (χ0n) is 11.5. The number of carbonyl (C=O) groups excluding carboxylic acids is 1. The van der Waals surface area contributed by atoms with E-state index in [4.69, 9.17) is 11.6 Å². The van der Waals surface area contributed by atoms with Gasteiger partial charge in [0.25, 0.3) is 0 Å². The molecule has 1 fully saturated rings. The topological polar surface area (TPSA) is 44.7 Å². The molecule has 20 heavy (non-hydrogen) atoms. The zero-order valence-corrected chi connectivity index (χ0v) is 12.3. The van der Waals surface area contributed by atoms with Crippen molar-refractivity contribution in [2.24, 2.45) is 5.10 Å². The molecule has 1 aliphatic rings. The van der Waals surface area contributed by atoms with Crippen LogP contribution < -0.4 is 5.43 Å². The molecule has 1 amide bonds. The van der Waals surface area contributed by atoms with Crippen LogP contribution in [0.2, 0.25) is 5.02 Å². The molecule has 0 aliphatic carbocycles. The van der Waals surface area contributed by atoms with Crippen LogP contribution in [0.25, 0.3) is 0 Å². The van der Waals surface area contributed by atoms with Crippen LogP contribution in [0.4, 0.5) is 0 Å². The molecule has 1 aromatic carbocycles. The summed E-state index contributed by atoms with van der Waals surface area (Å²) in [5.74, 6) is -0.0566. The summed E-state index contributed by atoms with van der Waals surface area (Å²) >= 11 is 5.99. The molecule has 2 rings (SSSR count). The first-order valence-corrected chi connectivity index (χ1v) is 7.42. The first-order chi connectivity index (χ1) is 9.75. The Bertz CT molecular complexity index is 470. The quantitative estimate of drug-likeness (QED) is 0.670. The van der Waals surface area contributed by atoms with Gasteiger partial charge in [0.15, 0.2) is 0 Å². The van der Waals surface area contributed by atoms with Crippen molar-refractivity contribution < 1.29 is 4.79 Å². The SMILES string of the molecule is O=C(CCN1CCCCC1)N/N=C/c1ccccc1Cl. The highest BCUT2D eigenvalue weighted by molar-refractivity contribution is 6.33. The molecular formula is C15H20ClN3O. The van der Waals surface area contributed by atoms with E-state index in [1.807, 2.05) is 18.2 Å². The average molecular weight is 294 g/mol. The Kier molecular flexibility index (Phi) is 6.02. The van der Waals surface area contributed by atoms with Crippen LogP contribution in [-0.4, -0.2) is 36.7 Å². The lowest BCUT2D eigenvalue weighted by Gasteiger charge is -2.25. The van der Waals surface area contributed by atoms with Crippen LogP contribution in [0.5, 0.6) is 0 Å². The van der Waals surface area contributed by atoms with Gasteiger partial charge in [-0.2, -0.15) is 5.10 Å². The fourth-order valence-corrected chi connectivity index (χ4v) is 2.44. The van der Waals surface area contributed by atoms with Gasteiger partial charge in [-0.05, 0) is 32.0 Å². The van der Waals surface area contributed by atoms with E-state index in [0.29, 0.717) is 11.4 Å². The maximum atomic E-state index is 11.7. The predicted molar refractivity (Wildman–Crippen MR) is 82.1 cm³/mol. The van der Waals surface area contributed by atoms with E-state index < -0.39 is 0 Å². The second kappa shape index (κ2) is 8.02. The van der Waals surface area contributed by atoms with Crippen LogP contribution >= 0.6 is 11.6 Å². The predicted octanol–water partition coefficient (Wildman–Crippen LogP) is 2.67. The number of likely N-dealkylation sites (tertiary alicyclic amines) is 1. The normalized spacial score (nSPS) is 16.4. The minimum Gasteiger partial charge on any atom is -0.303 e. The Hall–Kier alpha value is -1.39. The van der Waals surface area contributed by atoms with Crippen molar-refractivity contribution >= 4 is 23.7 Å². The standard InChI is InChI=1S/C15H20ClN3O/c16-14-7-3-2-6-13(14)12-17-18-15(20)8-11-19-9-4-1-5-10-19/h2-3,6-7,12H,1,4-5,8-11H2,(H,18,20)/b17-12+. The van der Waals surface area contributed by atoms with Gasteiger partial charge in [0, 0.05) is 23.6 Å². The molecule has 1 N–H and O–H groups in total. The Morgan fingerprint density at radius 3 is 2.80 bits per heavy atom. The van der Waals surface area contributed by atoms with Crippen molar-refractivity contribution in [3.05, 3.63) is 34.9 Å². The van der Waals surface area contributed by atoms with Gasteiger partial charge in [-0.3, -0.25) is 4.79 Å². The van der Waals surface area contributed by atoms with E-state index in [1.165, 1.54) is 19.3 Å². The first-order valence-electron chi connectivity index (χ1n) is 7.04. The average Bonchev–Trinajstić information content (AvgIpc) is 2.48. The maximum Gasteiger partial charge on any atom is 0.241 e. The molecule has 1 aromatic rings. The summed E-state index contributed by atoms with van der Waals surface area (Å²) in [5.41, 5.74) is 3.34. The molecule has 0 aromatic heterocycles. The number of benzene rings is 1. The molecule has 1 heterocycles. The fraction of sp³-hybridized carbons (Fsp3) is 0.467. The van der Waals surface area contributed by atoms with Gasteiger partial charge in [-0.1, -0.05) is 36.2 Å². The third-order valence-corrected chi connectivity index (χ3v) is 3.75. The van der Waals surface area contributed by atoms with Gasteiger partial charge in [0.05, 0.1) is 6.21 Å². The van der Waals surface area contributed by atoms with Gasteiger partial charge in [-0.25, -0.2) is 5.43 Å². The molecule has 0 saturated carbocycles. The molecular weight excluding hydrogens is 274 g/mol. The highest BCUT2D eigenvalue weighted by Crippen LogP contribution is 2.12. The number of amides is 1. The second-order valence-electron chi connectivity index (χ2n) is 4.97. The van der Waals surface area contributed by atoms with Crippen molar-refractivity contribution in [2.75, 3.05) is 19.6 Å². The maximum absolute atomic E-state index is 11.7. The molecule has 0 unspecified atom stereocenters. The van der Waals surface area contributed by atoms with Crippen molar-refractivity contribution in [3.63, 3.8) is 0 Å². The Morgan fingerprint density at radius 1 is 1.30 bits per heavy atom. The van der Waals surface area contributed by atoms with Crippen LogP contribution in [0.1, 0.15) is 31.2 Å². The molecule has 108 valence electrons. The number of piperidine rings is 1. The Labute approximate surface area is 124 Å². The summed E-state index contributed by atoms with van der Waals surface area (Å²) in [6.07, 6.45) is 5.85. The monoisotopic (exact) mass is 293 g/mol. The summed E-state index contributed by atoms with van der Waals surface area (Å²) in [4.78, 5) is 14.0. The van der Waals surface area contributed by atoms with E-state index in [2.05, 4.69) is 15.4 Å². The van der Waals surface area contributed by atoms with Crippen molar-refractivity contribution in [1.82, 2.24) is 10.3 Å². The van der Waals surface area contributed by atoms with E-state index in [-0.39, 0.29) is 5.91 Å². The lowest BCUT2D eigenvalue weighted by Crippen LogP contribution is -2.33. The largest absolute Gasteiger partial charge is 0.303 e. The van der Waals surface area contributed by atoms with Crippen LogP contribution in [0, 0.1) is 0 Å². The molecule has 1 aliphatic heterocycles. The Morgan fingerprint density at radius 2 is 2.05 bits per heavy atom. The van der Waals surface area contributed by atoms with Gasteiger partial charge < -0.3 is 4.90 Å². The Balaban J connectivity index is 1.70. The lowest BCUT2D eigenvalue weighted by atomic mass is 10.1. The van der Waals surface area contributed by atoms with Crippen LogP contribution in [-0.2, 0) is 4.79 Å². The number of halogens is 1. The number of nitrogens with zero attached hydrogens (tertiary/aromatic N) is 2. The minimum atomic E-state index is -0.0566. The molecule has 0 radical (unpaired) electrons. The van der Waals surface area contributed by atoms with Gasteiger partial charge in [0.2, 0.25) is 5.91 Å². The summed E-state index contributed by atoms with van der Waals surface area (Å²) < 4.78 is 0. The first kappa shape index (κ1) is 15.0.